The van der Waals surface area contributed by atoms with Crippen molar-refractivity contribution in [1.82, 2.24) is 9.80 Å². The summed E-state index contributed by atoms with van der Waals surface area (Å²) >= 11 is 0. The highest BCUT2D eigenvalue weighted by atomic mass is 16.7. The second-order valence-electron chi connectivity index (χ2n) is 9.85. The number of carboxylic acid groups (broad SMARTS) is 1. The first-order chi connectivity index (χ1) is 19.0. The van der Waals surface area contributed by atoms with Crippen LogP contribution in [0.5, 0.6) is 23.0 Å². The van der Waals surface area contributed by atoms with Gasteiger partial charge in [-0.05, 0) is 42.7 Å². The van der Waals surface area contributed by atoms with Crippen LogP contribution in [0, 0.1) is 5.92 Å². The van der Waals surface area contributed by atoms with Gasteiger partial charge in [-0.15, -0.1) is 0 Å². The summed E-state index contributed by atoms with van der Waals surface area (Å²) in [6.45, 7) is 3.74. The van der Waals surface area contributed by atoms with Crippen LogP contribution >= 0.6 is 0 Å². The summed E-state index contributed by atoms with van der Waals surface area (Å²) in [4.78, 5) is 29.9. The molecule has 2 aliphatic rings. The molecule has 1 saturated heterocycles. The number of rotatable bonds is 14. The van der Waals surface area contributed by atoms with E-state index in [2.05, 4.69) is 6.92 Å². The molecular formula is C29H38N2O8. The summed E-state index contributed by atoms with van der Waals surface area (Å²) in [6.07, 6.45) is 2.29. The number of ether oxygens (including phenoxy) is 4. The number of amides is 1. The van der Waals surface area contributed by atoms with Gasteiger partial charge in [0.1, 0.15) is 6.61 Å². The molecule has 2 aromatic carbocycles. The minimum atomic E-state index is -0.954. The first kappa shape index (κ1) is 28.5. The minimum absolute atomic E-state index is 0.00225. The lowest BCUT2D eigenvalue weighted by molar-refractivity contribution is -0.144. The first-order valence-electron chi connectivity index (χ1n) is 13.5. The number of carboxylic acids is 1. The van der Waals surface area contributed by atoms with E-state index in [9.17, 15) is 19.8 Å². The van der Waals surface area contributed by atoms with Gasteiger partial charge in [-0.2, -0.15) is 0 Å². The van der Waals surface area contributed by atoms with E-state index in [-0.39, 0.29) is 32.5 Å². The lowest BCUT2D eigenvalue weighted by atomic mass is 9.85. The number of carbonyl (C=O) groups excluding carboxylic acids is 1. The van der Waals surface area contributed by atoms with Gasteiger partial charge in [0.15, 0.2) is 23.0 Å². The second-order valence-corrected chi connectivity index (χ2v) is 9.85. The molecule has 10 nitrogen and oxygen atoms in total. The van der Waals surface area contributed by atoms with Crippen molar-refractivity contribution in [3.05, 3.63) is 48.0 Å². The Morgan fingerprint density at radius 2 is 1.82 bits per heavy atom. The molecule has 0 aromatic heterocycles. The summed E-state index contributed by atoms with van der Waals surface area (Å²) in [5, 5.41) is 19.7. The molecule has 3 unspecified atom stereocenters. The molecule has 2 heterocycles. The normalized spacial score (nSPS) is 20.1. The molecule has 0 spiro atoms. The zero-order valence-electron chi connectivity index (χ0n) is 22.6. The Hall–Kier alpha value is -3.50. The molecule has 0 aliphatic carbocycles. The van der Waals surface area contributed by atoms with Crippen molar-refractivity contribution < 1.29 is 38.7 Å². The molecule has 10 heteroatoms. The number of benzene rings is 2. The van der Waals surface area contributed by atoms with Gasteiger partial charge in [0, 0.05) is 32.2 Å². The highest BCUT2D eigenvalue weighted by molar-refractivity contribution is 5.79. The third-order valence-corrected chi connectivity index (χ3v) is 7.40. The number of carbonyl (C=O) groups is 2. The lowest BCUT2D eigenvalue weighted by Crippen LogP contribution is -2.46. The van der Waals surface area contributed by atoms with Gasteiger partial charge in [0.25, 0.3) is 0 Å². The van der Waals surface area contributed by atoms with E-state index in [0.717, 1.165) is 18.4 Å². The molecule has 4 rings (SSSR count). The lowest BCUT2D eigenvalue weighted by Gasteiger charge is -2.29. The van der Waals surface area contributed by atoms with Crippen molar-refractivity contribution in [3.63, 3.8) is 0 Å². The van der Waals surface area contributed by atoms with Gasteiger partial charge in [-0.1, -0.05) is 31.5 Å². The number of hydrogen-bond acceptors (Lipinski definition) is 8. The Kier molecular flexibility index (Phi) is 9.89. The van der Waals surface area contributed by atoms with Gasteiger partial charge < -0.3 is 34.1 Å². The molecule has 1 fully saturated rings. The molecule has 2 N–H and O–H groups in total. The zero-order valence-corrected chi connectivity index (χ0v) is 22.6. The maximum absolute atomic E-state index is 13.5. The molecule has 2 aliphatic heterocycles. The van der Waals surface area contributed by atoms with Gasteiger partial charge in [-0.25, -0.2) is 0 Å². The maximum atomic E-state index is 13.5. The van der Waals surface area contributed by atoms with Crippen LogP contribution in [0.1, 0.15) is 37.7 Å². The van der Waals surface area contributed by atoms with Crippen LogP contribution < -0.4 is 18.9 Å². The zero-order chi connectivity index (χ0) is 27.8. The SMILES string of the molecule is CCCCN(CCCO)C(=O)CN1CC(c2ccc3c(c2)OCO3)C(C(=O)O)C1COc1ccccc1OC. The first-order valence-corrected chi connectivity index (χ1v) is 13.5. The summed E-state index contributed by atoms with van der Waals surface area (Å²) in [6, 6.07) is 12.1. The summed E-state index contributed by atoms with van der Waals surface area (Å²) in [5.41, 5.74) is 0.812. The number of aliphatic carboxylic acids is 1. The van der Waals surface area contributed by atoms with Gasteiger partial charge in [-0.3, -0.25) is 14.5 Å². The number of likely N-dealkylation sites (tertiary alicyclic amines) is 1. The van der Waals surface area contributed by atoms with Gasteiger partial charge in [0.2, 0.25) is 12.7 Å². The number of aliphatic hydroxyl groups is 1. The van der Waals surface area contributed by atoms with Crippen molar-refractivity contribution in [2.24, 2.45) is 5.92 Å². The quantitative estimate of drug-likeness (QED) is 0.371. The van der Waals surface area contributed by atoms with Crippen LogP contribution in [0.25, 0.3) is 0 Å². The topological polar surface area (TPSA) is 118 Å². The van der Waals surface area contributed by atoms with Crippen molar-refractivity contribution in [3.8, 4) is 23.0 Å². The van der Waals surface area contributed by atoms with E-state index in [1.54, 1.807) is 30.2 Å². The van der Waals surface area contributed by atoms with E-state index in [1.165, 1.54) is 0 Å². The molecule has 212 valence electrons. The number of fused-ring (bicyclic) bond motifs is 1. The Balaban J connectivity index is 1.61. The molecular weight excluding hydrogens is 504 g/mol. The Morgan fingerprint density at radius 1 is 1.08 bits per heavy atom. The fourth-order valence-electron chi connectivity index (χ4n) is 5.34. The van der Waals surface area contributed by atoms with Crippen LogP contribution in [0.2, 0.25) is 0 Å². The number of nitrogens with zero attached hydrogens (tertiary/aromatic N) is 2. The van der Waals surface area contributed by atoms with Gasteiger partial charge >= 0.3 is 5.97 Å². The summed E-state index contributed by atoms with van der Waals surface area (Å²) < 4.78 is 22.5. The van der Waals surface area contributed by atoms with Crippen molar-refractivity contribution in [2.45, 2.75) is 38.1 Å². The third-order valence-electron chi connectivity index (χ3n) is 7.40. The van der Waals surface area contributed by atoms with E-state index in [0.29, 0.717) is 49.1 Å². The molecule has 0 radical (unpaired) electrons. The Morgan fingerprint density at radius 3 is 2.54 bits per heavy atom. The van der Waals surface area contributed by atoms with Gasteiger partial charge in [0.05, 0.1) is 25.6 Å². The Bertz CT molecular complexity index is 1120. The van der Waals surface area contributed by atoms with E-state index < -0.39 is 23.8 Å². The molecule has 0 saturated carbocycles. The van der Waals surface area contributed by atoms with Crippen LogP contribution in [0.15, 0.2) is 42.5 Å². The molecule has 1 amide bonds. The number of hydrogen-bond donors (Lipinski definition) is 2. The van der Waals surface area contributed by atoms with Crippen LogP contribution in [-0.4, -0.2) is 91.2 Å². The molecule has 3 atom stereocenters. The molecule has 0 bridgehead atoms. The average molecular weight is 543 g/mol. The third kappa shape index (κ3) is 6.75. The predicted molar refractivity (Wildman–Crippen MR) is 143 cm³/mol. The highest BCUT2D eigenvalue weighted by Crippen LogP contribution is 2.42. The second kappa shape index (κ2) is 13.5. The molecule has 39 heavy (non-hydrogen) atoms. The number of unbranched alkanes of at least 4 members (excludes halogenated alkanes) is 1. The van der Waals surface area contributed by atoms with E-state index >= 15 is 0 Å². The number of para-hydroxylation sites is 2. The van der Waals surface area contributed by atoms with E-state index in [1.807, 2.05) is 29.2 Å². The Labute approximate surface area is 229 Å². The van der Waals surface area contributed by atoms with Crippen molar-refractivity contribution >= 4 is 11.9 Å². The molecule has 2 aromatic rings. The minimum Gasteiger partial charge on any atom is -0.493 e. The average Bonchev–Trinajstić information content (AvgIpc) is 3.56. The standard InChI is InChI=1S/C29H38N2O8/c1-3-4-12-30(13-7-14-32)27(33)17-31-16-21(20-10-11-25-26(15-20)39-19-38-25)28(29(34)35)22(31)18-37-24-9-6-5-8-23(24)36-2/h5-6,8-11,15,21-22,28,32H,3-4,7,12-14,16-19H2,1-2H3,(H,34,35). The monoisotopic (exact) mass is 542 g/mol. The van der Waals surface area contributed by atoms with Crippen LogP contribution in [0.4, 0.5) is 0 Å². The predicted octanol–water partition coefficient (Wildman–Crippen LogP) is 2.98. The summed E-state index contributed by atoms with van der Waals surface area (Å²) in [7, 11) is 1.55. The number of aliphatic hydroxyl groups excluding tert-OH is 1. The van der Waals surface area contributed by atoms with Crippen LogP contribution in [0.3, 0.4) is 0 Å². The van der Waals surface area contributed by atoms with E-state index in [4.69, 9.17) is 18.9 Å². The fourth-order valence-corrected chi connectivity index (χ4v) is 5.34. The van der Waals surface area contributed by atoms with Crippen LogP contribution in [-0.2, 0) is 9.59 Å². The smallest absolute Gasteiger partial charge is 0.308 e. The number of methoxy groups -OCH3 is 1. The maximum Gasteiger partial charge on any atom is 0.308 e. The summed E-state index contributed by atoms with van der Waals surface area (Å²) in [5.74, 6) is 0.0115. The van der Waals surface area contributed by atoms with Crippen molar-refractivity contribution in [1.29, 1.82) is 0 Å². The largest absolute Gasteiger partial charge is 0.493 e. The fraction of sp³-hybridized carbons (Fsp3) is 0.517. The van der Waals surface area contributed by atoms with Crippen molar-refractivity contribution in [2.75, 3.05) is 53.3 Å². The highest BCUT2D eigenvalue weighted by Gasteiger charge is 2.48.